The quantitative estimate of drug-likeness (QED) is 0.662. The van der Waals surface area contributed by atoms with Gasteiger partial charge >= 0.3 is 0 Å². The highest BCUT2D eigenvalue weighted by atomic mass is 79.9. The molecule has 1 N–H and O–H groups in total. The number of benzene rings is 1. The van der Waals surface area contributed by atoms with Gasteiger partial charge in [0, 0.05) is 10.7 Å². The maximum Gasteiger partial charge on any atom is 0.292 e. The van der Waals surface area contributed by atoms with Crippen molar-refractivity contribution in [1.82, 2.24) is 4.98 Å². The molecular formula is C19H17BrN2O3. The van der Waals surface area contributed by atoms with Gasteiger partial charge in [-0.15, -0.1) is 0 Å². The van der Waals surface area contributed by atoms with Crippen molar-refractivity contribution < 1.29 is 13.9 Å². The van der Waals surface area contributed by atoms with Crippen molar-refractivity contribution in [3.05, 3.63) is 75.8 Å². The minimum Gasteiger partial charge on any atom is -0.485 e. The monoisotopic (exact) mass is 400 g/mol. The highest BCUT2D eigenvalue weighted by Crippen LogP contribution is 2.21. The lowest BCUT2D eigenvalue weighted by atomic mass is 10.1. The molecule has 0 saturated heterocycles. The highest BCUT2D eigenvalue weighted by molar-refractivity contribution is 9.10. The average molecular weight is 401 g/mol. The summed E-state index contributed by atoms with van der Waals surface area (Å²) in [6.07, 6.45) is 1.61. The summed E-state index contributed by atoms with van der Waals surface area (Å²) in [6.45, 7) is 4.26. The zero-order valence-electron chi connectivity index (χ0n) is 13.9. The number of aryl methyl sites for hydroxylation is 2. The van der Waals surface area contributed by atoms with Crippen LogP contribution in [0.5, 0.6) is 5.75 Å². The topological polar surface area (TPSA) is 64.4 Å². The van der Waals surface area contributed by atoms with E-state index in [9.17, 15) is 4.79 Å². The Morgan fingerprint density at radius 3 is 2.80 bits per heavy atom. The first-order chi connectivity index (χ1) is 12.0. The predicted octanol–water partition coefficient (Wildman–Crippen LogP) is 4.89. The van der Waals surface area contributed by atoms with Gasteiger partial charge in [-0.2, -0.15) is 0 Å². The van der Waals surface area contributed by atoms with Crippen LogP contribution in [0.25, 0.3) is 0 Å². The molecule has 2 aromatic heterocycles. The minimum atomic E-state index is -0.354. The summed E-state index contributed by atoms with van der Waals surface area (Å²) in [5, 5.41) is 2.68. The van der Waals surface area contributed by atoms with Crippen LogP contribution >= 0.6 is 15.9 Å². The van der Waals surface area contributed by atoms with Crippen LogP contribution in [0.4, 0.5) is 5.82 Å². The van der Waals surface area contributed by atoms with Gasteiger partial charge < -0.3 is 14.5 Å². The van der Waals surface area contributed by atoms with Gasteiger partial charge in [-0.1, -0.05) is 12.1 Å². The van der Waals surface area contributed by atoms with E-state index >= 15 is 0 Å². The summed E-state index contributed by atoms with van der Waals surface area (Å²) in [4.78, 5) is 16.3. The second-order valence-corrected chi connectivity index (χ2v) is 6.56. The van der Waals surface area contributed by atoms with Crippen LogP contribution in [0, 0.1) is 13.8 Å². The second kappa shape index (κ2) is 7.53. The van der Waals surface area contributed by atoms with Gasteiger partial charge in [0.2, 0.25) is 0 Å². The van der Waals surface area contributed by atoms with E-state index in [1.54, 1.807) is 30.5 Å². The summed E-state index contributed by atoms with van der Waals surface area (Å²) in [7, 11) is 0. The number of carbonyl (C=O) groups is 1. The molecular weight excluding hydrogens is 384 g/mol. The Morgan fingerprint density at radius 2 is 2.04 bits per heavy atom. The Hall–Kier alpha value is -2.60. The Kier molecular flexibility index (Phi) is 5.19. The van der Waals surface area contributed by atoms with Crippen LogP contribution in [0.15, 0.2) is 57.6 Å². The largest absolute Gasteiger partial charge is 0.485 e. The van der Waals surface area contributed by atoms with Gasteiger partial charge in [0.1, 0.15) is 23.9 Å². The van der Waals surface area contributed by atoms with Crippen LogP contribution in [0.1, 0.15) is 27.4 Å². The van der Waals surface area contributed by atoms with Crippen LogP contribution in [-0.4, -0.2) is 10.9 Å². The molecule has 3 aromatic rings. The number of furan rings is 1. The number of amides is 1. The van der Waals surface area contributed by atoms with Gasteiger partial charge in [0.15, 0.2) is 5.76 Å². The van der Waals surface area contributed by atoms with E-state index in [1.165, 1.54) is 0 Å². The Bertz CT molecular complexity index is 888. The number of halogens is 1. The second-order valence-electron chi connectivity index (χ2n) is 5.64. The van der Waals surface area contributed by atoms with E-state index < -0.39 is 0 Å². The van der Waals surface area contributed by atoms with E-state index in [-0.39, 0.29) is 18.3 Å². The first-order valence-corrected chi connectivity index (χ1v) is 8.52. The Labute approximate surface area is 154 Å². The third-order valence-electron chi connectivity index (χ3n) is 3.57. The summed E-state index contributed by atoms with van der Waals surface area (Å²) in [5.74, 6) is 1.70. The molecule has 128 valence electrons. The zero-order chi connectivity index (χ0) is 17.8. The molecule has 0 fully saturated rings. The number of nitrogens with one attached hydrogen (secondary N) is 1. The van der Waals surface area contributed by atoms with Crippen molar-refractivity contribution in [2.24, 2.45) is 0 Å². The third-order valence-corrected chi connectivity index (χ3v) is 4.04. The number of nitrogens with zero attached hydrogens (tertiary/aromatic N) is 1. The number of anilines is 1. The van der Waals surface area contributed by atoms with E-state index in [4.69, 9.17) is 9.15 Å². The maximum atomic E-state index is 12.2. The molecule has 0 spiro atoms. The molecule has 3 rings (SSSR count). The number of rotatable bonds is 5. The van der Waals surface area contributed by atoms with Gasteiger partial charge in [0.25, 0.3) is 5.91 Å². The van der Waals surface area contributed by atoms with E-state index in [1.807, 2.05) is 32.0 Å². The van der Waals surface area contributed by atoms with Gasteiger partial charge in [-0.05, 0) is 71.2 Å². The molecule has 0 saturated carbocycles. The molecule has 5 nitrogen and oxygen atoms in total. The Morgan fingerprint density at radius 1 is 1.20 bits per heavy atom. The fourth-order valence-electron chi connectivity index (χ4n) is 2.22. The molecule has 1 amide bonds. The van der Waals surface area contributed by atoms with Crippen molar-refractivity contribution in [1.29, 1.82) is 0 Å². The molecule has 25 heavy (non-hydrogen) atoms. The summed E-state index contributed by atoms with van der Waals surface area (Å²) < 4.78 is 12.2. The van der Waals surface area contributed by atoms with Gasteiger partial charge in [-0.3, -0.25) is 4.79 Å². The molecule has 0 aliphatic heterocycles. The molecule has 0 unspecified atom stereocenters. The van der Waals surface area contributed by atoms with E-state index in [0.29, 0.717) is 11.6 Å². The molecule has 0 aliphatic carbocycles. The number of hydrogen-bond donors (Lipinski definition) is 1. The normalized spacial score (nSPS) is 10.5. The van der Waals surface area contributed by atoms with Crippen LogP contribution in [-0.2, 0) is 6.61 Å². The summed E-state index contributed by atoms with van der Waals surface area (Å²) in [6, 6.07) is 12.9. The molecule has 0 bridgehead atoms. The van der Waals surface area contributed by atoms with E-state index in [0.717, 1.165) is 21.3 Å². The van der Waals surface area contributed by atoms with Crippen molar-refractivity contribution in [3.63, 3.8) is 0 Å². The number of aromatic nitrogens is 1. The van der Waals surface area contributed by atoms with Gasteiger partial charge in [-0.25, -0.2) is 4.98 Å². The van der Waals surface area contributed by atoms with Gasteiger partial charge in [0.05, 0.1) is 0 Å². The lowest BCUT2D eigenvalue weighted by Gasteiger charge is -2.08. The molecule has 6 heteroatoms. The number of ether oxygens (including phenoxy) is 1. The highest BCUT2D eigenvalue weighted by Gasteiger charge is 2.13. The zero-order valence-corrected chi connectivity index (χ0v) is 15.5. The lowest BCUT2D eigenvalue weighted by molar-refractivity contribution is 0.0992. The van der Waals surface area contributed by atoms with Crippen molar-refractivity contribution >= 4 is 27.7 Å². The molecule has 0 radical (unpaired) electrons. The van der Waals surface area contributed by atoms with Crippen LogP contribution < -0.4 is 10.1 Å². The van der Waals surface area contributed by atoms with Crippen LogP contribution in [0.3, 0.4) is 0 Å². The smallest absolute Gasteiger partial charge is 0.292 e. The number of hydrogen-bond acceptors (Lipinski definition) is 4. The molecule has 0 atom stereocenters. The predicted molar refractivity (Wildman–Crippen MR) is 98.8 cm³/mol. The van der Waals surface area contributed by atoms with Crippen molar-refractivity contribution in [2.45, 2.75) is 20.5 Å². The summed E-state index contributed by atoms with van der Waals surface area (Å²) >= 11 is 3.30. The number of carbonyl (C=O) groups excluding carboxylic acids is 1. The van der Waals surface area contributed by atoms with Crippen molar-refractivity contribution in [3.8, 4) is 5.75 Å². The molecule has 0 aliphatic rings. The number of pyridine rings is 1. The SMILES string of the molecule is Cc1ccc(C)c(OCc2ccc(C(=O)Nc3ccc(Br)cn3)o2)c1. The first kappa shape index (κ1) is 17.2. The lowest BCUT2D eigenvalue weighted by Crippen LogP contribution is -2.11. The maximum absolute atomic E-state index is 12.2. The Balaban J connectivity index is 1.62. The van der Waals surface area contributed by atoms with Crippen molar-refractivity contribution in [2.75, 3.05) is 5.32 Å². The molecule has 1 aromatic carbocycles. The average Bonchev–Trinajstić information content (AvgIpc) is 3.07. The minimum absolute atomic E-state index is 0.212. The fourth-order valence-corrected chi connectivity index (χ4v) is 2.45. The first-order valence-electron chi connectivity index (χ1n) is 7.73. The fraction of sp³-hybridized carbons (Fsp3) is 0.158. The van der Waals surface area contributed by atoms with Crippen LogP contribution in [0.2, 0.25) is 0 Å². The summed E-state index contributed by atoms with van der Waals surface area (Å²) in [5.41, 5.74) is 2.18. The standard InChI is InChI=1S/C19H17BrN2O3/c1-12-3-4-13(2)17(9-12)24-11-15-6-7-16(25-15)19(23)22-18-8-5-14(20)10-21-18/h3-10H,11H2,1-2H3,(H,21,22,23). The van der Waals surface area contributed by atoms with E-state index in [2.05, 4.69) is 26.2 Å². The molecule has 2 heterocycles. The third kappa shape index (κ3) is 4.48.